The second-order valence-electron chi connectivity index (χ2n) is 5.76. The molecule has 0 bridgehead atoms. The maximum atomic E-state index is 4.60. The van der Waals surface area contributed by atoms with Crippen LogP contribution in [0.5, 0.6) is 0 Å². The molecule has 4 nitrogen and oxygen atoms in total. The van der Waals surface area contributed by atoms with Crippen LogP contribution in [0.2, 0.25) is 0 Å². The van der Waals surface area contributed by atoms with Crippen molar-refractivity contribution in [2.45, 2.75) is 0 Å². The van der Waals surface area contributed by atoms with Gasteiger partial charge in [-0.3, -0.25) is 4.57 Å². The minimum atomic E-state index is 0.896. The highest BCUT2D eigenvalue weighted by atomic mass is 15.0. The summed E-state index contributed by atoms with van der Waals surface area (Å²) in [6.07, 6.45) is 7.69. The van der Waals surface area contributed by atoms with Gasteiger partial charge in [-0.15, -0.1) is 0 Å². The minimum Gasteiger partial charge on any atom is -0.346 e. The summed E-state index contributed by atoms with van der Waals surface area (Å²) in [5.41, 5.74) is 5.23. The molecule has 5 rings (SSSR count). The molecule has 0 amide bonds. The molecule has 0 radical (unpaired) electrons. The van der Waals surface area contributed by atoms with E-state index in [-0.39, 0.29) is 0 Å². The monoisotopic (exact) mass is 310 g/mol. The van der Waals surface area contributed by atoms with Crippen molar-refractivity contribution in [1.82, 2.24) is 19.5 Å². The molecular formula is C20H14N4. The summed E-state index contributed by atoms with van der Waals surface area (Å²) in [4.78, 5) is 12.2. The van der Waals surface area contributed by atoms with Crippen molar-refractivity contribution in [3.8, 4) is 16.8 Å². The molecule has 0 unspecified atom stereocenters. The number of nitrogens with zero attached hydrogens (tertiary/aromatic N) is 3. The summed E-state index contributed by atoms with van der Waals surface area (Å²) in [6, 6.07) is 18.7. The Labute approximate surface area is 138 Å². The van der Waals surface area contributed by atoms with Gasteiger partial charge in [0, 0.05) is 29.4 Å². The van der Waals surface area contributed by atoms with Gasteiger partial charge in [0.1, 0.15) is 11.3 Å². The maximum Gasteiger partial charge on any atom is 0.145 e. The quantitative estimate of drug-likeness (QED) is 0.519. The van der Waals surface area contributed by atoms with Crippen LogP contribution in [0.4, 0.5) is 0 Å². The summed E-state index contributed by atoms with van der Waals surface area (Å²) >= 11 is 0. The molecule has 1 N–H and O–H groups in total. The third-order valence-electron chi connectivity index (χ3n) is 4.34. The third kappa shape index (κ3) is 1.93. The summed E-state index contributed by atoms with van der Waals surface area (Å²) in [5, 5.41) is 2.23. The van der Waals surface area contributed by atoms with E-state index in [4.69, 9.17) is 0 Å². The van der Waals surface area contributed by atoms with Crippen molar-refractivity contribution in [2.75, 3.05) is 0 Å². The van der Waals surface area contributed by atoms with Gasteiger partial charge in [0.25, 0.3) is 0 Å². The summed E-state index contributed by atoms with van der Waals surface area (Å²) in [5.74, 6) is 0. The number of fused-ring (bicyclic) bond motifs is 2. The van der Waals surface area contributed by atoms with E-state index in [0.717, 1.165) is 27.8 Å². The van der Waals surface area contributed by atoms with Crippen LogP contribution >= 0.6 is 0 Å². The highest BCUT2D eigenvalue weighted by Gasteiger charge is 2.10. The van der Waals surface area contributed by atoms with Crippen LogP contribution in [0.1, 0.15) is 0 Å². The van der Waals surface area contributed by atoms with Crippen LogP contribution in [0.15, 0.2) is 79.4 Å². The zero-order chi connectivity index (χ0) is 15.9. The topological polar surface area (TPSA) is 46.5 Å². The van der Waals surface area contributed by atoms with Crippen molar-refractivity contribution in [2.24, 2.45) is 0 Å². The number of nitrogens with one attached hydrogen (secondary N) is 1. The van der Waals surface area contributed by atoms with Crippen LogP contribution in [-0.4, -0.2) is 19.5 Å². The fourth-order valence-electron chi connectivity index (χ4n) is 3.18. The first-order chi connectivity index (χ1) is 11.9. The van der Waals surface area contributed by atoms with E-state index in [0.29, 0.717) is 0 Å². The van der Waals surface area contributed by atoms with Gasteiger partial charge in [-0.25, -0.2) is 9.97 Å². The highest BCUT2D eigenvalue weighted by molar-refractivity contribution is 5.94. The first-order valence-electron chi connectivity index (χ1n) is 7.85. The molecule has 5 aromatic rings. The molecule has 24 heavy (non-hydrogen) atoms. The Morgan fingerprint density at radius 1 is 0.917 bits per heavy atom. The van der Waals surface area contributed by atoms with Gasteiger partial charge < -0.3 is 4.98 Å². The van der Waals surface area contributed by atoms with Crippen molar-refractivity contribution in [1.29, 1.82) is 0 Å². The number of aromatic nitrogens is 4. The molecule has 0 aliphatic heterocycles. The molecule has 1 aromatic carbocycles. The Bertz CT molecular complexity index is 1150. The van der Waals surface area contributed by atoms with Crippen LogP contribution in [0.25, 0.3) is 38.9 Å². The summed E-state index contributed by atoms with van der Waals surface area (Å²) in [7, 11) is 0. The van der Waals surface area contributed by atoms with Crippen molar-refractivity contribution >= 4 is 22.1 Å². The Morgan fingerprint density at radius 3 is 2.75 bits per heavy atom. The molecular weight excluding hydrogens is 296 g/mol. The summed E-state index contributed by atoms with van der Waals surface area (Å²) < 4.78 is 2.08. The lowest BCUT2D eigenvalue weighted by Crippen LogP contribution is -1.95. The van der Waals surface area contributed by atoms with Gasteiger partial charge in [-0.2, -0.15) is 0 Å². The Hall–Kier alpha value is -3.40. The largest absolute Gasteiger partial charge is 0.346 e. The van der Waals surface area contributed by atoms with Gasteiger partial charge in [-0.1, -0.05) is 30.3 Å². The average molecular weight is 310 g/mol. The van der Waals surface area contributed by atoms with Gasteiger partial charge in [0.2, 0.25) is 0 Å². The SMILES string of the molecule is c1ccc(-c2ccnc3c2ccn3-c2cnc3[nH]ccc3c2)cc1. The normalized spacial score (nSPS) is 11.3. The van der Waals surface area contributed by atoms with Crippen LogP contribution in [-0.2, 0) is 0 Å². The standard InChI is InChI=1S/C20H14N4/c1-2-4-14(5-3-1)17-7-10-22-20-18(17)8-11-24(20)16-12-15-6-9-21-19(15)23-13-16/h1-13H,(H,21,23). The molecule has 0 spiro atoms. The van der Waals surface area contributed by atoms with Gasteiger partial charge in [0.05, 0.1) is 11.9 Å². The second kappa shape index (κ2) is 5.06. The maximum absolute atomic E-state index is 4.60. The predicted molar refractivity (Wildman–Crippen MR) is 96.2 cm³/mol. The zero-order valence-electron chi connectivity index (χ0n) is 12.8. The third-order valence-corrected chi connectivity index (χ3v) is 4.34. The molecule has 0 aliphatic carbocycles. The van der Waals surface area contributed by atoms with Crippen LogP contribution in [0.3, 0.4) is 0 Å². The van der Waals surface area contributed by atoms with E-state index in [1.807, 2.05) is 30.7 Å². The molecule has 114 valence electrons. The average Bonchev–Trinajstić information content (AvgIpc) is 3.28. The molecule has 0 fully saturated rings. The van der Waals surface area contributed by atoms with E-state index in [9.17, 15) is 0 Å². The number of benzene rings is 1. The number of hydrogen-bond acceptors (Lipinski definition) is 2. The minimum absolute atomic E-state index is 0.896. The molecule has 0 saturated heterocycles. The van der Waals surface area contributed by atoms with E-state index < -0.39 is 0 Å². The predicted octanol–water partition coefficient (Wildman–Crippen LogP) is 4.57. The van der Waals surface area contributed by atoms with Crippen molar-refractivity contribution in [3.63, 3.8) is 0 Å². The number of rotatable bonds is 2. The van der Waals surface area contributed by atoms with Gasteiger partial charge >= 0.3 is 0 Å². The van der Waals surface area contributed by atoms with E-state index >= 15 is 0 Å². The van der Waals surface area contributed by atoms with Crippen LogP contribution < -0.4 is 0 Å². The lowest BCUT2D eigenvalue weighted by molar-refractivity contribution is 1.08. The second-order valence-corrected chi connectivity index (χ2v) is 5.76. The first kappa shape index (κ1) is 13.1. The van der Waals surface area contributed by atoms with Gasteiger partial charge in [0.15, 0.2) is 0 Å². The fourth-order valence-corrected chi connectivity index (χ4v) is 3.18. The Morgan fingerprint density at radius 2 is 1.83 bits per heavy atom. The Kier molecular flexibility index (Phi) is 2.76. The lowest BCUT2D eigenvalue weighted by atomic mass is 10.0. The summed E-state index contributed by atoms with van der Waals surface area (Å²) in [6.45, 7) is 0. The highest BCUT2D eigenvalue weighted by Crippen LogP contribution is 2.29. The number of H-pyrrole nitrogens is 1. The van der Waals surface area contributed by atoms with Gasteiger partial charge in [-0.05, 0) is 35.4 Å². The smallest absolute Gasteiger partial charge is 0.145 e. The molecule has 0 atom stereocenters. The Balaban J connectivity index is 1.73. The lowest BCUT2D eigenvalue weighted by Gasteiger charge is -2.07. The van der Waals surface area contributed by atoms with E-state index in [1.165, 1.54) is 11.1 Å². The molecule has 0 saturated carbocycles. The molecule has 4 heterocycles. The van der Waals surface area contributed by atoms with Crippen molar-refractivity contribution < 1.29 is 0 Å². The molecule has 4 heteroatoms. The van der Waals surface area contributed by atoms with Crippen molar-refractivity contribution in [3.05, 3.63) is 79.4 Å². The van der Waals surface area contributed by atoms with E-state index in [2.05, 4.69) is 68.2 Å². The zero-order valence-corrected chi connectivity index (χ0v) is 12.8. The number of hydrogen-bond donors (Lipinski definition) is 1. The molecule has 4 aromatic heterocycles. The first-order valence-corrected chi connectivity index (χ1v) is 7.85. The van der Waals surface area contributed by atoms with E-state index in [1.54, 1.807) is 0 Å². The number of aromatic amines is 1. The fraction of sp³-hybridized carbons (Fsp3) is 0. The molecule has 0 aliphatic rings. The van der Waals surface area contributed by atoms with Crippen LogP contribution in [0, 0.1) is 0 Å². The number of pyridine rings is 2.